The van der Waals surface area contributed by atoms with Crippen molar-refractivity contribution in [3.63, 3.8) is 0 Å². The summed E-state index contributed by atoms with van der Waals surface area (Å²) >= 11 is 0. The van der Waals surface area contributed by atoms with Crippen LogP contribution in [0.2, 0.25) is 18.0 Å². The Balaban J connectivity index is 0.00000264. The molecule has 0 radical (unpaired) electrons. The Hall–Kier alpha value is -0.0177. The molecule has 126 valence electrons. The molecule has 0 aromatic rings. The van der Waals surface area contributed by atoms with Crippen LogP contribution in [0.25, 0.3) is 0 Å². The predicted molar refractivity (Wildman–Crippen MR) is 98.8 cm³/mol. The SMILES string of the molecule is C=C=C(OC)[B-]1(CCCCCCCC)C2CCCC1CCC2.[Li+]. The average molecular weight is 310 g/mol. The standard InChI is InChI=1S/C20H36BO.Li/c1-4-6-7-8-9-10-17-21(20(5-2)22-3)18-13-11-14-19(21)16-12-15-18;/h18-19H,2,4,6-17H2,1,3H3;/q-1;+1. The molecule has 23 heavy (non-hydrogen) atoms. The van der Waals surface area contributed by atoms with Crippen LogP contribution in [0.5, 0.6) is 0 Å². The molecular formula is C20H36BLiO. The van der Waals surface area contributed by atoms with Crippen LogP contribution >= 0.6 is 0 Å². The van der Waals surface area contributed by atoms with Crippen LogP contribution < -0.4 is 18.9 Å². The number of rotatable bonds is 9. The van der Waals surface area contributed by atoms with E-state index in [1.54, 1.807) is 0 Å². The maximum absolute atomic E-state index is 5.85. The summed E-state index contributed by atoms with van der Waals surface area (Å²) in [6, 6.07) is 0. The molecule has 0 saturated carbocycles. The number of fused-ring (bicyclic) bond motifs is 2. The average Bonchev–Trinajstić information content (AvgIpc) is 2.51. The summed E-state index contributed by atoms with van der Waals surface area (Å²) in [6.07, 6.45) is 17.7. The van der Waals surface area contributed by atoms with Crippen molar-refractivity contribution in [2.45, 2.75) is 102 Å². The molecule has 2 aliphatic rings. The molecule has 2 saturated heterocycles. The summed E-state index contributed by atoms with van der Waals surface area (Å²) in [7, 11) is 1.85. The van der Waals surface area contributed by atoms with Gasteiger partial charge in [0.05, 0.1) is 13.3 Å². The van der Waals surface area contributed by atoms with Crippen LogP contribution in [-0.4, -0.2) is 13.3 Å². The second-order valence-corrected chi connectivity index (χ2v) is 7.88. The first kappa shape index (κ1) is 21.0. The van der Waals surface area contributed by atoms with E-state index in [1.807, 2.05) is 7.11 Å². The van der Waals surface area contributed by atoms with Gasteiger partial charge in [-0.05, 0) is 5.66 Å². The summed E-state index contributed by atoms with van der Waals surface area (Å²) < 4.78 is 5.85. The minimum absolute atomic E-state index is 0. The van der Waals surface area contributed by atoms with E-state index in [4.69, 9.17) is 4.74 Å². The van der Waals surface area contributed by atoms with Crippen molar-refractivity contribution in [1.29, 1.82) is 0 Å². The van der Waals surface area contributed by atoms with Gasteiger partial charge in [0.2, 0.25) is 0 Å². The molecule has 0 aromatic carbocycles. The number of unbranched alkanes of at least 4 members (excludes halogenated alkanes) is 5. The first-order chi connectivity index (χ1) is 10.8. The van der Waals surface area contributed by atoms with Crippen LogP contribution in [0, 0.1) is 0 Å². The molecule has 0 N–H and O–H groups in total. The van der Waals surface area contributed by atoms with E-state index in [0.29, 0.717) is 0 Å². The molecule has 2 fully saturated rings. The fourth-order valence-corrected chi connectivity index (χ4v) is 5.92. The van der Waals surface area contributed by atoms with E-state index in [2.05, 4.69) is 19.2 Å². The van der Waals surface area contributed by atoms with Gasteiger partial charge in [0.1, 0.15) is 0 Å². The van der Waals surface area contributed by atoms with Crippen LogP contribution in [0.4, 0.5) is 0 Å². The van der Waals surface area contributed by atoms with Gasteiger partial charge in [0.15, 0.2) is 0 Å². The summed E-state index contributed by atoms with van der Waals surface area (Å²) in [5.41, 5.74) is 4.38. The third kappa shape index (κ3) is 4.75. The van der Waals surface area contributed by atoms with Crippen molar-refractivity contribution in [3.05, 3.63) is 18.0 Å². The molecular weight excluding hydrogens is 274 g/mol. The number of hydrogen-bond acceptors (Lipinski definition) is 1. The van der Waals surface area contributed by atoms with Gasteiger partial charge in [-0.1, -0.05) is 90.6 Å². The zero-order chi connectivity index (χ0) is 15.8. The molecule has 1 nitrogen and oxygen atoms in total. The van der Waals surface area contributed by atoms with E-state index in [-0.39, 0.29) is 18.9 Å². The van der Waals surface area contributed by atoms with Crippen LogP contribution in [0.1, 0.15) is 84.0 Å². The number of ether oxygens (including phenoxy) is 1. The van der Waals surface area contributed by atoms with E-state index < -0.39 is 6.15 Å². The molecule has 0 atom stereocenters. The maximum atomic E-state index is 5.85. The Labute approximate surface area is 156 Å². The summed E-state index contributed by atoms with van der Waals surface area (Å²) in [5.74, 6) is 1.76. The van der Waals surface area contributed by atoms with Crippen LogP contribution in [0.3, 0.4) is 0 Å². The molecule has 2 rings (SSSR count). The topological polar surface area (TPSA) is 9.23 Å². The van der Waals surface area contributed by atoms with E-state index in [1.165, 1.54) is 83.4 Å². The monoisotopic (exact) mass is 310 g/mol. The van der Waals surface area contributed by atoms with Gasteiger partial charge >= 0.3 is 18.9 Å². The Kier molecular flexibility index (Phi) is 9.84. The van der Waals surface area contributed by atoms with Crippen molar-refractivity contribution in [2.75, 3.05) is 7.11 Å². The van der Waals surface area contributed by atoms with Gasteiger partial charge in [-0.3, -0.25) is 0 Å². The molecule has 0 spiro atoms. The van der Waals surface area contributed by atoms with Crippen molar-refractivity contribution in [3.8, 4) is 0 Å². The molecule has 0 amide bonds. The van der Waals surface area contributed by atoms with Crippen molar-refractivity contribution in [2.24, 2.45) is 0 Å². The second kappa shape index (κ2) is 10.8. The molecule has 0 aliphatic carbocycles. The molecule has 3 heteroatoms. The van der Waals surface area contributed by atoms with Gasteiger partial charge in [-0.2, -0.15) is 18.0 Å². The van der Waals surface area contributed by atoms with E-state index >= 15 is 0 Å². The smallest absolute Gasteiger partial charge is 0.535 e. The molecule has 0 aromatic heterocycles. The Morgan fingerprint density at radius 3 is 2.00 bits per heavy atom. The van der Waals surface area contributed by atoms with Crippen LogP contribution in [-0.2, 0) is 4.74 Å². The minimum Gasteiger partial charge on any atom is -0.535 e. The Morgan fingerprint density at radius 1 is 1.00 bits per heavy atom. The third-order valence-electron chi connectivity index (χ3n) is 6.90. The van der Waals surface area contributed by atoms with Gasteiger partial charge in [-0.15, -0.1) is 5.73 Å². The van der Waals surface area contributed by atoms with E-state index in [0.717, 1.165) is 17.3 Å². The third-order valence-corrected chi connectivity index (χ3v) is 6.90. The predicted octanol–water partition coefficient (Wildman–Crippen LogP) is 3.76. The summed E-state index contributed by atoms with van der Waals surface area (Å²) in [6.45, 7) is 6.27. The molecule has 0 unspecified atom stereocenters. The van der Waals surface area contributed by atoms with Gasteiger partial charge in [-0.25, -0.2) is 0 Å². The van der Waals surface area contributed by atoms with E-state index in [9.17, 15) is 0 Å². The number of methoxy groups -OCH3 is 1. The first-order valence-corrected chi connectivity index (χ1v) is 9.92. The normalized spacial score (nSPS) is 29.3. The first-order valence-electron chi connectivity index (χ1n) is 9.92. The quantitative estimate of drug-likeness (QED) is 0.273. The zero-order valence-corrected chi connectivity index (χ0v) is 16.0. The maximum Gasteiger partial charge on any atom is 1.00 e. The summed E-state index contributed by atoms with van der Waals surface area (Å²) in [4.78, 5) is 0. The Bertz CT molecular complexity index is 367. The van der Waals surface area contributed by atoms with Crippen molar-refractivity contribution >= 4 is 6.15 Å². The van der Waals surface area contributed by atoms with Gasteiger partial charge < -0.3 is 4.74 Å². The van der Waals surface area contributed by atoms with Crippen molar-refractivity contribution in [1.82, 2.24) is 0 Å². The largest absolute Gasteiger partial charge is 1.00 e. The second-order valence-electron chi connectivity index (χ2n) is 7.88. The minimum atomic E-state index is -0.526. The molecule has 2 aliphatic heterocycles. The number of hydrogen-bond donors (Lipinski definition) is 0. The van der Waals surface area contributed by atoms with Crippen molar-refractivity contribution < 1.29 is 23.6 Å². The fraction of sp³-hybridized carbons (Fsp3) is 0.850. The fourth-order valence-electron chi connectivity index (χ4n) is 5.92. The zero-order valence-electron chi connectivity index (χ0n) is 16.0. The summed E-state index contributed by atoms with van der Waals surface area (Å²) in [5, 5.41) is 0. The van der Waals surface area contributed by atoms with Crippen LogP contribution in [0.15, 0.2) is 18.0 Å². The molecule has 2 bridgehead atoms. The molecule has 2 heterocycles. The Morgan fingerprint density at radius 2 is 1.52 bits per heavy atom. The van der Waals surface area contributed by atoms with Gasteiger partial charge in [0, 0.05) is 0 Å². The van der Waals surface area contributed by atoms with Gasteiger partial charge in [0.25, 0.3) is 0 Å².